The molecule has 7 heteroatoms. The lowest BCUT2D eigenvalue weighted by Crippen LogP contribution is -2.50. The smallest absolute Gasteiger partial charge is 0.238 e. The maximum absolute atomic E-state index is 12.7. The fourth-order valence-corrected chi connectivity index (χ4v) is 2.65. The predicted octanol–water partition coefficient (Wildman–Crippen LogP) is 2.13. The molecule has 0 bridgehead atoms. The second-order valence-corrected chi connectivity index (χ2v) is 5.53. The number of anilines is 1. The number of oxime groups is 1. The summed E-state index contributed by atoms with van der Waals surface area (Å²) in [4.78, 5) is 12.7. The minimum atomic E-state index is -1.04. The van der Waals surface area contributed by atoms with E-state index in [2.05, 4.69) is 10.5 Å². The number of carbonyl (C=O) groups excluding carboxylic acids is 1. The van der Waals surface area contributed by atoms with Gasteiger partial charge >= 0.3 is 0 Å². The van der Waals surface area contributed by atoms with E-state index in [1.54, 1.807) is 18.2 Å². The third-order valence-corrected chi connectivity index (χ3v) is 4.05. The summed E-state index contributed by atoms with van der Waals surface area (Å²) in [7, 11) is 0. The molecule has 1 aliphatic rings. The molecule has 0 atom stereocenters. The van der Waals surface area contributed by atoms with Crippen LogP contribution in [0.3, 0.4) is 0 Å². The molecule has 1 aliphatic heterocycles. The average molecular weight is 312 g/mol. The zero-order valence-electron chi connectivity index (χ0n) is 11.7. The number of nitrogens with two attached hydrogens (primary N) is 1. The van der Waals surface area contributed by atoms with E-state index in [-0.39, 0.29) is 11.7 Å². The van der Waals surface area contributed by atoms with Crippen molar-refractivity contribution in [2.45, 2.75) is 19.8 Å². The SMILES string of the molecule is Cc1cc(Cl)ccc1NC(=O)C1(C(N)=NO)CCOCC1. The molecule has 1 aromatic rings. The Morgan fingerprint density at radius 3 is 2.71 bits per heavy atom. The molecule has 6 nitrogen and oxygen atoms in total. The molecule has 21 heavy (non-hydrogen) atoms. The molecule has 0 unspecified atom stereocenters. The Labute approximate surface area is 127 Å². The highest BCUT2D eigenvalue weighted by atomic mass is 35.5. The van der Waals surface area contributed by atoms with Crippen molar-refractivity contribution < 1.29 is 14.7 Å². The Hall–Kier alpha value is -1.79. The summed E-state index contributed by atoms with van der Waals surface area (Å²) in [5.41, 5.74) is 6.22. The summed E-state index contributed by atoms with van der Waals surface area (Å²) < 4.78 is 5.27. The number of hydrogen-bond acceptors (Lipinski definition) is 4. The summed E-state index contributed by atoms with van der Waals surface area (Å²) in [6.45, 7) is 2.63. The van der Waals surface area contributed by atoms with Crippen molar-refractivity contribution in [2.24, 2.45) is 16.3 Å². The van der Waals surface area contributed by atoms with Crippen molar-refractivity contribution >= 4 is 29.0 Å². The molecule has 1 saturated heterocycles. The Morgan fingerprint density at radius 1 is 1.48 bits per heavy atom. The Balaban J connectivity index is 2.27. The van der Waals surface area contributed by atoms with Crippen LogP contribution in [0.2, 0.25) is 5.02 Å². The number of nitrogens with one attached hydrogen (secondary N) is 1. The van der Waals surface area contributed by atoms with Gasteiger partial charge in [-0.3, -0.25) is 4.79 Å². The van der Waals surface area contributed by atoms with Crippen LogP contribution in [0, 0.1) is 12.3 Å². The van der Waals surface area contributed by atoms with Gasteiger partial charge in [-0.05, 0) is 43.5 Å². The van der Waals surface area contributed by atoms with Crippen molar-refractivity contribution in [2.75, 3.05) is 18.5 Å². The zero-order valence-corrected chi connectivity index (χ0v) is 12.5. The van der Waals surface area contributed by atoms with Crippen LogP contribution in [0.25, 0.3) is 0 Å². The first kappa shape index (κ1) is 15.6. The third kappa shape index (κ3) is 3.11. The topological polar surface area (TPSA) is 96.9 Å². The van der Waals surface area contributed by atoms with E-state index < -0.39 is 5.41 Å². The maximum Gasteiger partial charge on any atom is 0.238 e. The van der Waals surface area contributed by atoms with Crippen LogP contribution in [0.5, 0.6) is 0 Å². The van der Waals surface area contributed by atoms with Crippen molar-refractivity contribution in [3.63, 3.8) is 0 Å². The fourth-order valence-electron chi connectivity index (χ4n) is 2.42. The first-order chi connectivity index (χ1) is 9.99. The third-order valence-electron chi connectivity index (χ3n) is 3.82. The normalized spacial score (nSPS) is 18.3. The molecule has 0 aliphatic carbocycles. The quantitative estimate of drug-likeness (QED) is 0.345. The van der Waals surface area contributed by atoms with Gasteiger partial charge in [0, 0.05) is 23.9 Å². The van der Waals surface area contributed by atoms with Gasteiger partial charge in [0.05, 0.1) is 0 Å². The number of amides is 1. The molecule has 0 radical (unpaired) electrons. The van der Waals surface area contributed by atoms with E-state index in [1.165, 1.54) is 0 Å². The van der Waals surface area contributed by atoms with Crippen LogP contribution in [0.4, 0.5) is 5.69 Å². The molecule has 0 spiro atoms. The highest BCUT2D eigenvalue weighted by Gasteiger charge is 2.44. The van der Waals surface area contributed by atoms with Gasteiger partial charge in [-0.25, -0.2) is 0 Å². The van der Waals surface area contributed by atoms with E-state index in [0.29, 0.717) is 36.8 Å². The van der Waals surface area contributed by atoms with Crippen molar-refractivity contribution in [3.8, 4) is 0 Å². The number of amidine groups is 1. The van der Waals surface area contributed by atoms with Gasteiger partial charge in [0.25, 0.3) is 0 Å². The van der Waals surface area contributed by atoms with E-state index in [9.17, 15) is 4.79 Å². The molecule has 0 aromatic heterocycles. The fraction of sp³-hybridized carbons (Fsp3) is 0.429. The summed E-state index contributed by atoms with van der Waals surface area (Å²) in [6, 6.07) is 5.19. The van der Waals surface area contributed by atoms with Crippen LogP contribution in [-0.2, 0) is 9.53 Å². The van der Waals surface area contributed by atoms with Crippen LogP contribution in [0.1, 0.15) is 18.4 Å². The number of halogens is 1. The molecule has 1 heterocycles. The lowest BCUT2D eigenvalue weighted by Gasteiger charge is -2.34. The zero-order chi connectivity index (χ0) is 15.5. The van der Waals surface area contributed by atoms with E-state index in [1.807, 2.05) is 6.92 Å². The van der Waals surface area contributed by atoms with Crippen LogP contribution in [0.15, 0.2) is 23.4 Å². The summed E-state index contributed by atoms with van der Waals surface area (Å²) in [6.07, 6.45) is 0.753. The predicted molar refractivity (Wildman–Crippen MR) is 80.7 cm³/mol. The number of hydrogen-bond donors (Lipinski definition) is 3. The number of aryl methyl sites for hydroxylation is 1. The van der Waals surface area contributed by atoms with Crippen LogP contribution in [-0.4, -0.2) is 30.2 Å². The van der Waals surface area contributed by atoms with Crippen molar-refractivity contribution in [3.05, 3.63) is 28.8 Å². The number of benzene rings is 1. The van der Waals surface area contributed by atoms with Gasteiger partial charge in [0.2, 0.25) is 5.91 Å². The van der Waals surface area contributed by atoms with E-state index in [4.69, 9.17) is 27.3 Å². The second kappa shape index (κ2) is 6.32. The second-order valence-electron chi connectivity index (χ2n) is 5.09. The summed E-state index contributed by atoms with van der Waals surface area (Å²) in [5, 5.41) is 15.5. The van der Waals surface area contributed by atoms with E-state index in [0.717, 1.165) is 5.56 Å². The average Bonchev–Trinajstić information content (AvgIpc) is 2.49. The summed E-state index contributed by atoms with van der Waals surface area (Å²) >= 11 is 5.90. The molecule has 1 amide bonds. The minimum Gasteiger partial charge on any atom is -0.409 e. The molecular weight excluding hydrogens is 294 g/mol. The van der Waals surface area contributed by atoms with Gasteiger partial charge in [0.1, 0.15) is 5.41 Å². The lowest BCUT2D eigenvalue weighted by atomic mass is 9.78. The molecule has 0 saturated carbocycles. The van der Waals surface area contributed by atoms with Crippen molar-refractivity contribution in [1.29, 1.82) is 0 Å². The lowest BCUT2D eigenvalue weighted by molar-refractivity contribution is -0.126. The van der Waals surface area contributed by atoms with Gasteiger partial charge in [-0.15, -0.1) is 0 Å². The molecular formula is C14H18ClN3O3. The maximum atomic E-state index is 12.7. The molecule has 1 aromatic carbocycles. The Bertz CT molecular complexity index is 569. The van der Waals surface area contributed by atoms with Gasteiger partial charge in [-0.1, -0.05) is 16.8 Å². The Morgan fingerprint density at radius 2 is 2.14 bits per heavy atom. The summed E-state index contributed by atoms with van der Waals surface area (Å²) in [5.74, 6) is -0.388. The number of rotatable bonds is 3. The van der Waals surface area contributed by atoms with Gasteiger partial charge in [-0.2, -0.15) is 0 Å². The van der Waals surface area contributed by atoms with E-state index >= 15 is 0 Å². The molecule has 114 valence electrons. The molecule has 2 rings (SSSR count). The highest BCUT2D eigenvalue weighted by Crippen LogP contribution is 2.33. The minimum absolute atomic E-state index is 0.0880. The highest BCUT2D eigenvalue weighted by molar-refractivity contribution is 6.30. The first-order valence-electron chi connectivity index (χ1n) is 6.63. The number of nitrogens with zero attached hydrogens (tertiary/aromatic N) is 1. The first-order valence-corrected chi connectivity index (χ1v) is 7.01. The van der Waals surface area contributed by atoms with Gasteiger partial charge < -0.3 is 21.0 Å². The Kier molecular flexibility index (Phi) is 4.69. The standard InChI is InChI=1S/C14H18ClN3O3/c1-9-8-10(15)2-3-11(9)17-13(19)14(12(16)18-20)4-6-21-7-5-14/h2-3,8,20H,4-7H2,1H3,(H2,16,18)(H,17,19). The number of carbonyl (C=O) groups is 1. The van der Waals surface area contributed by atoms with Crippen LogP contribution >= 0.6 is 11.6 Å². The van der Waals surface area contributed by atoms with Crippen molar-refractivity contribution in [1.82, 2.24) is 0 Å². The largest absolute Gasteiger partial charge is 0.409 e. The number of ether oxygens (including phenoxy) is 1. The monoisotopic (exact) mass is 311 g/mol. The molecule has 4 N–H and O–H groups in total. The van der Waals surface area contributed by atoms with Gasteiger partial charge in [0.15, 0.2) is 5.84 Å². The molecule has 1 fully saturated rings. The van der Waals surface area contributed by atoms with Crippen LogP contribution < -0.4 is 11.1 Å².